The van der Waals surface area contributed by atoms with Crippen LogP contribution in [0, 0.1) is 0 Å². The molecular formula is C36H47N7. The lowest BCUT2D eigenvalue weighted by molar-refractivity contribution is 0.242. The molecule has 4 aromatic rings. The monoisotopic (exact) mass is 577 g/mol. The van der Waals surface area contributed by atoms with Crippen LogP contribution in [0.4, 0.5) is 0 Å². The predicted octanol–water partition coefficient (Wildman–Crippen LogP) is 4.71. The molecule has 0 radical (unpaired) electrons. The highest BCUT2D eigenvalue weighted by atomic mass is 15.1. The van der Waals surface area contributed by atoms with E-state index >= 15 is 0 Å². The van der Waals surface area contributed by atoms with Crippen LogP contribution in [0.2, 0.25) is 0 Å². The van der Waals surface area contributed by atoms with E-state index in [1.807, 2.05) is 24.5 Å². The van der Waals surface area contributed by atoms with E-state index in [-0.39, 0.29) is 0 Å². The SMILES string of the molecule is c1ccc(CN(Cc2cccc(-c3ccc(CN4CCCNCCNCCCNCC4)cc3)c2)Cc2ccccn2)nc1. The predicted molar refractivity (Wildman–Crippen MR) is 176 cm³/mol. The minimum absolute atomic E-state index is 0.773. The summed E-state index contributed by atoms with van der Waals surface area (Å²) in [6, 6.07) is 30.4. The molecule has 1 fully saturated rings. The molecule has 5 rings (SSSR count). The summed E-state index contributed by atoms with van der Waals surface area (Å²) >= 11 is 0. The van der Waals surface area contributed by atoms with Gasteiger partial charge >= 0.3 is 0 Å². The van der Waals surface area contributed by atoms with E-state index in [2.05, 4.69) is 109 Å². The van der Waals surface area contributed by atoms with Gasteiger partial charge in [0.1, 0.15) is 0 Å². The molecule has 0 spiro atoms. The molecule has 2 aromatic heterocycles. The standard InChI is InChI=1S/C36H47N7/c1-3-19-40-35(10-1)29-43(30-36-11-2-4-20-41-36)28-32-8-5-9-34(26-32)33-14-12-31(13-15-33)27-42-24-7-18-38-22-21-37-16-6-17-39-23-25-42/h1-5,8-15,19-20,26,37-39H,6-7,16-18,21-25,27-30H2. The molecule has 7 heteroatoms. The Labute approximate surface area is 257 Å². The van der Waals surface area contributed by atoms with E-state index in [0.29, 0.717) is 0 Å². The van der Waals surface area contributed by atoms with Crippen molar-refractivity contribution in [3.63, 3.8) is 0 Å². The zero-order chi connectivity index (χ0) is 29.4. The molecule has 0 bridgehead atoms. The summed E-state index contributed by atoms with van der Waals surface area (Å²) in [6.07, 6.45) is 6.08. The number of aromatic nitrogens is 2. The molecule has 0 unspecified atom stereocenters. The van der Waals surface area contributed by atoms with Crippen LogP contribution >= 0.6 is 0 Å². The minimum atomic E-state index is 0.773. The number of hydrogen-bond acceptors (Lipinski definition) is 7. The van der Waals surface area contributed by atoms with Crippen LogP contribution in [0.1, 0.15) is 35.4 Å². The van der Waals surface area contributed by atoms with E-state index in [9.17, 15) is 0 Å². The number of pyridine rings is 2. The zero-order valence-electron chi connectivity index (χ0n) is 25.4. The van der Waals surface area contributed by atoms with E-state index in [0.717, 1.165) is 89.9 Å². The topological polar surface area (TPSA) is 68.3 Å². The van der Waals surface area contributed by atoms with Crippen molar-refractivity contribution in [1.29, 1.82) is 0 Å². The Hall–Kier alpha value is -3.46. The first kappa shape index (κ1) is 31.0. The summed E-state index contributed by atoms with van der Waals surface area (Å²) in [4.78, 5) is 14.2. The second kappa shape index (κ2) is 17.6. The van der Waals surface area contributed by atoms with Gasteiger partial charge in [0, 0.05) is 64.8 Å². The average Bonchev–Trinajstić information content (AvgIpc) is 3.04. The first-order valence-corrected chi connectivity index (χ1v) is 15.9. The van der Waals surface area contributed by atoms with Crippen molar-refractivity contribution >= 4 is 0 Å². The molecule has 3 N–H and O–H groups in total. The van der Waals surface area contributed by atoms with Crippen molar-refractivity contribution in [2.24, 2.45) is 0 Å². The quantitative estimate of drug-likeness (QED) is 0.266. The van der Waals surface area contributed by atoms with Crippen LogP contribution in [0.25, 0.3) is 11.1 Å². The largest absolute Gasteiger partial charge is 0.315 e. The Bertz CT molecular complexity index is 1260. The molecule has 0 saturated carbocycles. The highest BCUT2D eigenvalue weighted by Gasteiger charge is 2.12. The molecule has 7 nitrogen and oxygen atoms in total. The Balaban J connectivity index is 1.21. The van der Waals surface area contributed by atoms with E-state index < -0.39 is 0 Å². The number of hydrogen-bond donors (Lipinski definition) is 3. The van der Waals surface area contributed by atoms with Gasteiger partial charge < -0.3 is 16.0 Å². The van der Waals surface area contributed by atoms with Crippen molar-refractivity contribution in [1.82, 2.24) is 35.7 Å². The maximum absolute atomic E-state index is 4.58. The van der Waals surface area contributed by atoms with Gasteiger partial charge in [-0.25, -0.2) is 0 Å². The van der Waals surface area contributed by atoms with Crippen molar-refractivity contribution in [3.05, 3.63) is 120 Å². The molecule has 2 aromatic carbocycles. The summed E-state index contributed by atoms with van der Waals surface area (Å²) in [5.74, 6) is 0. The third-order valence-corrected chi connectivity index (χ3v) is 7.87. The second-order valence-corrected chi connectivity index (χ2v) is 11.4. The maximum atomic E-state index is 4.58. The Kier molecular flexibility index (Phi) is 12.7. The summed E-state index contributed by atoms with van der Waals surface area (Å²) in [6.45, 7) is 11.9. The first-order chi connectivity index (χ1) is 21.3. The molecule has 1 aliphatic rings. The lowest BCUT2D eigenvalue weighted by Gasteiger charge is -2.23. The minimum Gasteiger partial charge on any atom is -0.315 e. The van der Waals surface area contributed by atoms with Crippen LogP contribution in [-0.2, 0) is 26.2 Å². The molecule has 3 heterocycles. The third kappa shape index (κ3) is 11.0. The summed E-state index contributed by atoms with van der Waals surface area (Å²) in [7, 11) is 0. The van der Waals surface area contributed by atoms with Gasteiger partial charge in [0.2, 0.25) is 0 Å². The fraction of sp³-hybridized carbons (Fsp3) is 0.389. The van der Waals surface area contributed by atoms with Gasteiger partial charge in [-0.1, -0.05) is 54.6 Å². The average molecular weight is 578 g/mol. The Morgan fingerprint density at radius 2 is 1.23 bits per heavy atom. The second-order valence-electron chi connectivity index (χ2n) is 11.4. The summed E-state index contributed by atoms with van der Waals surface area (Å²) in [5.41, 5.74) is 7.30. The van der Waals surface area contributed by atoms with Crippen molar-refractivity contribution in [2.45, 2.75) is 39.0 Å². The summed E-state index contributed by atoms with van der Waals surface area (Å²) < 4.78 is 0. The van der Waals surface area contributed by atoms with Gasteiger partial charge in [0.15, 0.2) is 0 Å². The third-order valence-electron chi connectivity index (χ3n) is 7.87. The summed E-state index contributed by atoms with van der Waals surface area (Å²) in [5, 5.41) is 10.7. The smallest absolute Gasteiger partial charge is 0.0544 e. The Morgan fingerprint density at radius 3 is 1.91 bits per heavy atom. The molecule has 0 atom stereocenters. The van der Waals surface area contributed by atoms with Crippen molar-refractivity contribution in [2.75, 3.05) is 52.4 Å². The van der Waals surface area contributed by atoms with Gasteiger partial charge in [-0.3, -0.25) is 19.8 Å². The number of nitrogens with zero attached hydrogens (tertiary/aromatic N) is 4. The highest BCUT2D eigenvalue weighted by Crippen LogP contribution is 2.23. The molecular weight excluding hydrogens is 530 g/mol. The van der Waals surface area contributed by atoms with Crippen LogP contribution in [-0.4, -0.2) is 72.1 Å². The van der Waals surface area contributed by atoms with Gasteiger partial charge in [0.25, 0.3) is 0 Å². The lowest BCUT2D eigenvalue weighted by atomic mass is 10.0. The molecule has 43 heavy (non-hydrogen) atoms. The fourth-order valence-electron chi connectivity index (χ4n) is 5.60. The number of benzene rings is 2. The molecule has 0 aliphatic carbocycles. The molecule has 0 amide bonds. The van der Waals surface area contributed by atoms with E-state index in [1.54, 1.807) is 0 Å². The van der Waals surface area contributed by atoms with Crippen molar-refractivity contribution in [3.8, 4) is 11.1 Å². The van der Waals surface area contributed by atoms with Crippen LogP contribution in [0.5, 0.6) is 0 Å². The first-order valence-electron chi connectivity index (χ1n) is 15.9. The number of nitrogens with one attached hydrogen (secondary N) is 3. The van der Waals surface area contributed by atoms with Crippen LogP contribution < -0.4 is 16.0 Å². The van der Waals surface area contributed by atoms with Crippen LogP contribution in [0.15, 0.2) is 97.3 Å². The number of rotatable bonds is 9. The maximum Gasteiger partial charge on any atom is 0.0544 e. The molecule has 1 aliphatic heterocycles. The lowest BCUT2D eigenvalue weighted by Crippen LogP contribution is -2.36. The molecule has 1 saturated heterocycles. The fourth-order valence-corrected chi connectivity index (χ4v) is 5.60. The van der Waals surface area contributed by atoms with E-state index in [1.165, 1.54) is 35.1 Å². The zero-order valence-corrected chi connectivity index (χ0v) is 25.4. The molecule has 226 valence electrons. The van der Waals surface area contributed by atoms with Crippen molar-refractivity contribution < 1.29 is 0 Å². The van der Waals surface area contributed by atoms with E-state index in [4.69, 9.17) is 0 Å². The highest BCUT2D eigenvalue weighted by molar-refractivity contribution is 5.64. The van der Waals surface area contributed by atoms with Gasteiger partial charge in [-0.2, -0.15) is 0 Å². The Morgan fingerprint density at radius 1 is 0.558 bits per heavy atom. The van der Waals surface area contributed by atoms with Gasteiger partial charge in [-0.05, 0) is 91.6 Å². The van der Waals surface area contributed by atoms with Gasteiger partial charge in [0.05, 0.1) is 11.4 Å². The normalized spacial score (nSPS) is 16.1. The van der Waals surface area contributed by atoms with Gasteiger partial charge in [-0.15, -0.1) is 0 Å². The van der Waals surface area contributed by atoms with Crippen LogP contribution in [0.3, 0.4) is 0 Å².